The Morgan fingerprint density at radius 2 is 1.65 bits per heavy atom. The summed E-state index contributed by atoms with van der Waals surface area (Å²) in [5.41, 5.74) is 5.57. The molecule has 1 atom stereocenters. The highest BCUT2D eigenvalue weighted by Gasteiger charge is 2.23. The van der Waals surface area contributed by atoms with Gasteiger partial charge in [0, 0.05) is 26.4 Å². The zero-order chi connectivity index (χ0) is 21.6. The normalized spacial score (nSPS) is 14.9. The van der Waals surface area contributed by atoms with E-state index < -0.39 is 0 Å². The minimum absolute atomic E-state index is 0.129. The molecule has 158 valence electrons. The summed E-state index contributed by atoms with van der Waals surface area (Å²) in [6, 6.07) is 26.7. The topological polar surface area (TPSA) is 32.8 Å². The average molecular weight is 413 g/mol. The Hall–Kier alpha value is -3.37. The standard InChI is InChI=1S/C27H28N2O2/c1-28(19-18-21-8-4-3-5-9-21)26(30)20-22-12-15-24(16-13-22)29-25-11-7-6-10-23(25)14-17-27(29)31-2/h3-17,27H,18-20H2,1-2H3. The number of likely N-dealkylation sites (N-methyl/N-ethyl adjacent to an activating group) is 1. The van der Waals surface area contributed by atoms with Crippen molar-refractivity contribution in [2.45, 2.75) is 19.1 Å². The minimum atomic E-state index is -0.161. The molecule has 0 radical (unpaired) electrons. The lowest BCUT2D eigenvalue weighted by Gasteiger charge is -2.34. The molecule has 0 bridgehead atoms. The van der Waals surface area contributed by atoms with Crippen molar-refractivity contribution in [3.63, 3.8) is 0 Å². The number of hydrogen-bond acceptors (Lipinski definition) is 3. The summed E-state index contributed by atoms with van der Waals surface area (Å²) in [6.07, 6.45) is 5.25. The van der Waals surface area contributed by atoms with Gasteiger partial charge < -0.3 is 14.5 Å². The maximum absolute atomic E-state index is 12.7. The van der Waals surface area contributed by atoms with E-state index in [1.54, 1.807) is 7.11 Å². The summed E-state index contributed by atoms with van der Waals surface area (Å²) in [5, 5.41) is 0. The van der Waals surface area contributed by atoms with Gasteiger partial charge in [0.05, 0.1) is 12.1 Å². The predicted octanol–water partition coefficient (Wildman–Crippen LogP) is 5.07. The first-order valence-corrected chi connectivity index (χ1v) is 10.6. The number of anilines is 2. The van der Waals surface area contributed by atoms with Gasteiger partial charge >= 0.3 is 0 Å². The lowest BCUT2D eigenvalue weighted by Crippen LogP contribution is -2.33. The Morgan fingerprint density at radius 3 is 2.39 bits per heavy atom. The van der Waals surface area contributed by atoms with E-state index in [0.717, 1.165) is 28.9 Å². The minimum Gasteiger partial charge on any atom is -0.358 e. The van der Waals surface area contributed by atoms with Crippen LogP contribution in [0.1, 0.15) is 16.7 Å². The van der Waals surface area contributed by atoms with Gasteiger partial charge in [-0.3, -0.25) is 4.79 Å². The number of carbonyl (C=O) groups is 1. The molecule has 1 heterocycles. The highest BCUT2D eigenvalue weighted by molar-refractivity contribution is 5.80. The molecule has 3 aromatic carbocycles. The molecule has 0 fully saturated rings. The van der Waals surface area contributed by atoms with Crippen molar-refractivity contribution in [3.8, 4) is 0 Å². The third kappa shape index (κ3) is 4.86. The van der Waals surface area contributed by atoms with E-state index >= 15 is 0 Å². The Kier molecular flexibility index (Phi) is 6.48. The highest BCUT2D eigenvalue weighted by atomic mass is 16.5. The van der Waals surface area contributed by atoms with Crippen LogP contribution in [0.3, 0.4) is 0 Å². The van der Waals surface area contributed by atoms with Gasteiger partial charge in [-0.2, -0.15) is 0 Å². The van der Waals surface area contributed by atoms with Gasteiger partial charge in [0.25, 0.3) is 0 Å². The second kappa shape index (κ2) is 9.63. The van der Waals surface area contributed by atoms with Crippen LogP contribution in [0, 0.1) is 0 Å². The molecule has 0 saturated heterocycles. The quantitative estimate of drug-likeness (QED) is 0.543. The number of ether oxygens (including phenoxy) is 1. The molecule has 0 aliphatic carbocycles. The van der Waals surface area contributed by atoms with Crippen LogP contribution >= 0.6 is 0 Å². The lowest BCUT2D eigenvalue weighted by molar-refractivity contribution is -0.129. The number of rotatable bonds is 7. The third-order valence-corrected chi connectivity index (χ3v) is 5.71. The Bertz CT molecular complexity index is 1040. The van der Waals surface area contributed by atoms with Gasteiger partial charge in [-0.05, 0) is 47.4 Å². The Morgan fingerprint density at radius 1 is 0.935 bits per heavy atom. The van der Waals surface area contributed by atoms with E-state index in [-0.39, 0.29) is 12.1 Å². The molecule has 1 aliphatic heterocycles. The van der Waals surface area contributed by atoms with Crippen LogP contribution in [0.25, 0.3) is 6.08 Å². The molecule has 4 heteroatoms. The monoisotopic (exact) mass is 412 g/mol. The number of benzene rings is 3. The van der Waals surface area contributed by atoms with Crippen molar-refractivity contribution < 1.29 is 9.53 Å². The van der Waals surface area contributed by atoms with E-state index in [1.165, 1.54) is 5.56 Å². The second-order valence-corrected chi connectivity index (χ2v) is 7.81. The third-order valence-electron chi connectivity index (χ3n) is 5.71. The summed E-state index contributed by atoms with van der Waals surface area (Å²) >= 11 is 0. The summed E-state index contributed by atoms with van der Waals surface area (Å²) in [7, 11) is 3.59. The number of amides is 1. The van der Waals surface area contributed by atoms with Gasteiger partial charge in [0.2, 0.25) is 5.91 Å². The van der Waals surface area contributed by atoms with Crippen LogP contribution < -0.4 is 4.90 Å². The summed E-state index contributed by atoms with van der Waals surface area (Å²) in [6.45, 7) is 0.716. The number of fused-ring (bicyclic) bond motifs is 1. The molecule has 1 amide bonds. The van der Waals surface area contributed by atoms with E-state index in [0.29, 0.717) is 13.0 Å². The van der Waals surface area contributed by atoms with Crippen LogP contribution in [-0.2, 0) is 22.4 Å². The Balaban J connectivity index is 1.42. The summed E-state index contributed by atoms with van der Waals surface area (Å²) in [4.78, 5) is 16.7. The molecule has 4 rings (SSSR count). The first kappa shape index (κ1) is 20.9. The number of hydrogen-bond donors (Lipinski definition) is 0. The number of carbonyl (C=O) groups excluding carboxylic acids is 1. The number of nitrogens with zero attached hydrogens (tertiary/aromatic N) is 2. The lowest BCUT2D eigenvalue weighted by atomic mass is 10.0. The molecule has 0 spiro atoms. The van der Waals surface area contributed by atoms with Crippen molar-refractivity contribution in [2.24, 2.45) is 0 Å². The molecule has 0 N–H and O–H groups in total. The van der Waals surface area contributed by atoms with Crippen LogP contribution in [0.2, 0.25) is 0 Å². The largest absolute Gasteiger partial charge is 0.358 e. The fourth-order valence-electron chi connectivity index (χ4n) is 3.88. The van der Waals surface area contributed by atoms with Gasteiger partial charge in [0.1, 0.15) is 0 Å². The highest BCUT2D eigenvalue weighted by Crippen LogP contribution is 2.35. The zero-order valence-corrected chi connectivity index (χ0v) is 18.1. The van der Waals surface area contributed by atoms with E-state index in [4.69, 9.17) is 4.74 Å². The van der Waals surface area contributed by atoms with Crippen LogP contribution in [0.15, 0.2) is 84.9 Å². The zero-order valence-electron chi connectivity index (χ0n) is 18.1. The molecule has 1 aliphatic rings. The maximum Gasteiger partial charge on any atom is 0.226 e. The molecule has 3 aromatic rings. The molecule has 4 nitrogen and oxygen atoms in total. The SMILES string of the molecule is COC1C=Cc2ccccc2N1c1ccc(CC(=O)N(C)CCc2ccccc2)cc1. The molecular weight excluding hydrogens is 384 g/mol. The van der Waals surface area contributed by atoms with E-state index in [1.807, 2.05) is 54.4 Å². The molecule has 31 heavy (non-hydrogen) atoms. The number of methoxy groups -OCH3 is 1. The van der Waals surface area contributed by atoms with Gasteiger partial charge in [0.15, 0.2) is 6.23 Å². The van der Waals surface area contributed by atoms with Crippen molar-refractivity contribution in [2.75, 3.05) is 25.6 Å². The first-order chi connectivity index (χ1) is 15.2. The summed E-state index contributed by atoms with van der Waals surface area (Å²) in [5.74, 6) is 0.129. The van der Waals surface area contributed by atoms with Crippen molar-refractivity contribution in [1.29, 1.82) is 0 Å². The van der Waals surface area contributed by atoms with Crippen molar-refractivity contribution in [3.05, 3.63) is 102 Å². The average Bonchev–Trinajstić information content (AvgIpc) is 2.83. The van der Waals surface area contributed by atoms with E-state index in [9.17, 15) is 4.79 Å². The molecule has 0 aromatic heterocycles. The van der Waals surface area contributed by atoms with Crippen molar-refractivity contribution >= 4 is 23.4 Å². The van der Waals surface area contributed by atoms with Crippen molar-refractivity contribution in [1.82, 2.24) is 4.90 Å². The first-order valence-electron chi connectivity index (χ1n) is 10.6. The molecule has 0 saturated carbocycles. The second-order valence-electron chi connectivity index (χ2n) is 7.81. The summed E-state index contributed by atoms with van der Waals surface area (Å²) < 4.78 is 5.68. The van der Waals surface area contributed by atoms with Crippen LogP contribution in [-0.4, -0.2) is 37.7 Å². The van der Waals surface area contributed by atoms with E-state index in [2.05, 4.69) is 53.5 Å². The van der Waals surface area contributed by atoms with Gasteiger partial charge in [-0.15, -0.1) is 0 Å². The maximum atomic E-state index is 12.7. The fourth-order valence-corrected chi connectivity index (χ4v) is 3.88. The van der Waals surface area contributed by atoms with Gasteiger partial charge in [-0.1, -0.05) is 66.7 Å². The fraction of sp³-hybridized carbons (Fsp3) is 0.222. The predicted molar refractivity (Wildman–Crippen MR) is 126 cm³/mol. The number of para-hydroxylation sites is 1. The molecule has 1 unspecified atom stereocenters. The Labute approximate surface area is 184 Å². The van der Waals surface area contributed by atoms with Gasteiger partial charge in [-0.25, -0.2) is 0 Å². The van der Waals surface area contributed by atoms with Crippen LogP contribution in [0.5, 0.6) is 0 Å². The molecular formula is C27H28N2O2. The van der Waals surface area contributed by atoms with Crippen LogP contribution in [0.4, 0.5) is 11.4 Å². The smallest absolute Gasteiger partial charge is 0.226 e.